The Bertz CT molecular complexity index is 472. The maximum absolute atomic E-state index is 5.92. The van der Waals surface area contributed by atoms with E-state index in [1.165, 1.54) is 16.3 Å². The summed E-state index contributed by atoms with van der Waals surface area (Å²) in [7, 11) is 0. The quantitative estimate of drug-likeness (QED) is 0.561. The van der Waals surface area contributed by atoms with Crippen LogP contribution in [0.15, 0.2) is 49.1 Å². The van der Waals surface area contributed by atoms with Gasteiger partial charge in [0.15, 0.2) is 0 Å². The molecule has 0 spiro atoms. The maximum Gasteiger partial charge on any atom is 0.0356 e. The summed E-state index contributed by atoms with van der Waals surface area (Å²) in [6, 6.07) is 12.3. The number of nitrogen functional groups attached to an aromatic ring is 1. The highest BCUT2D eigenvalue weighted by Crippen LogP contribution is 2.24. The van der Waals surface area contributed by atoms with Gasteiger partial charge in [-0.05, 0) is 28.8 Å². The van der Waals surface area contributed by atoms with Gasteiger partial charge in [-0.3, -0.25) is 0 Å². The number of rotatable bonds is 2. The third kappa shape index (κ3) is 1.37. The molecule has 0 saturated heterocycles. The van der Waals surface area contributed by atoms with Crippen molar-refractivity contribution in [2.45, 2.75) is 6.42 Å². The van der Waals surface area contributed by atoms with Crippen molar-refractivity contribution in [1.29, 1.82) is 0 Å². The monoisotopic (exact) mass is 183 g/mol. The highest BCUT2D eigenvalue weighted by atomic mass is 14.6. The van der Waals surface area contributed by atoms with Crippen LogP contribution in [0, 0.1) is 0 Å². The van der Waals surface area contributed by atoms with Crippen LogP contribution in [0.4, 0.5) is 5.69 Å². The summed E-state index contributed by atoms with van der Waals surface area (Å²) in [5.41, 5.74) is 7.95. The summed E-state index contributed by atoms with van der Waals surface area (Å²) < 4.78 is 0. The van der Waals surface area contributed by atoms with Gasteiger partial charge < -0.3 is 5.73 Å². The molecule has 0 saturated carbocycles. The molecule has 0 bridgehead atoms. The van der Waals surface area contributed by atoms with E-state index >= 15 is 0 Å². The average molecular weight is 183 g/mol. The number of anilines is 1. The van der Waals surface area contributed by atoms with Gasteiger partial charge in [0.25, 0.3) is 0 Å². The summed E-state index contributed by atoms with van der Waals surface area (Å²) >= 11 is 0. The van der Waals surface area contributed by atoms with Crippen molar-refractivity contribution < 1.29 is 0 Å². The summed E-state index contributed by atoms with van der Waals surface area (Å²) in [6.45, 7) is 3.75. The molecule has 0 atom stereocenters. The second-order valence-electron chi connectivity index (χ2n) is 3.35. The first-order valence-electron chi connectivity index (χ1n) is 4.70. The van der Waals surface area contributed by atoms with Crippen LogP contribution in [0.2, 0.25) is 0 Å². The van der Waals surface area contributed by atoms with Gasteiger partial charge in [-0.25, -0.2) is 0 Å². The Morgan fingerprint density at radius 3 is 2.71 bits per heavy atom. The smallest absolute Gasteiger partial charge is 0.0356 e. The lowest BCUT2D eigenvalue weighted by atomic mass is 10.0. The zero-order valence-corrected chi connectivity index (χ0v) is 8.03. The predicted octanol–water partition coefficient (Wildman–Crippen LogP) is 3.15. The van der Waals surface area contributed by atoms with Crippen LogP contribution in [-0.2, 0) is 6.42 Å². The summed E-state index contributed by atoms with van der Waals surface area (Å²) in [4.78, 5) is 0. The normalized spacial score (nSPS) is 10.3. The Kier molecular flexibility index (Phi) is 2.23. The van der Waals surface area contributed by atoms with Crippen LogP contribution in [0.3, 0.4) is 0 Å². The number of benzene rings is 2. The van der Waals surface area contributed by atoms with Crippen molar-refractivity contribution in [1.82, 2.24) is 0 Å². The standard InChI is InChI=1S/C13H13N/c1-2-5-12-11-7-4-3-6-10(11)8-9-13(12)14/h2-4,6-9H,1,5,14H2. The number of hydrogen-bond acceptors (Lipinski definition) is 1. The first-order valence-corrected chi connectivity index (χ1v) is 4.70. The van der Waals surface area contributed by atoms with E-state index in [2.05, 4.69) is 24.8 Å². The minimum Gasteiger partial charge on any atom is -0.398 e. The highest BCUT2D eigenvalue weighted by molar-refractivity contribution is 5.89. The van der Waals surface area contributed by atoms with Crippen molar-refractivity contribution in [3.8, 4) is 0 Å². The fourth-order valence-electron chi connectivity index (χ4n) is 1.72. The molecular formula is C13H13N. The topological polar surface area (TPSA) is 26.0 Å². The van der Waals surface area contributed by atoms with Gasteiger partial charge in [-0.1, -0.05) is 36.4 Å². The predicted molar refractivity (Wildman–Crippen MR) is 62.3 cm³/mol. The number of fused-ring (bicyclic) bond motifs is 1. The Balaban J connectivity index is 2.75. The van der Waals surface area contributed by atoms with Gasteiger partial charge in [0, 0.05) is 5.69 Å². The molecule has 2 rings (SSSR count). The lowest BCUT2D eigenvalue weighted by Crippen LogP contribution is -1.94. The molecule has 0 radical (unpaired) electrons. The van der Waals surface area contributed by atoms with Crippen molar-refractivity contribution in [3.63, 3.8) is 0 Å². The number of nitrogens with two attached hydrogens (primary N) is 1. The Morgan fingerprint density at radius 1 is 1.14 bits per heavy atom. The average Bonchev–Trinajstić information content (AvgIpc) is 2.23. The first kappa shape index (κ1) is 8.82. The van der Waals surface area contributed by atoms with Gasteiger partial charge in [0.1, 0.15) is 0 Å². The molecule has 0 unspecified atom stereocenters. The van der Waals surface area contributed by atoms with Crippen molar-refractivity contribution >= 4 is 16.5 Å². The van der Waals surface area contributed by atoms with E-state index in [9.17, 15) is 0 Å². The first-order chi connectivity index (χ1) is 6.83. The van der Waals surface area contributed by atoms with E-state index in [4.69, 9.17) is 5.73 Å². The fraction of sp³-hybridized carbons (Fsp3) is 0.0769. The van der Waals surface area contributed by atoms with Crippen molar-refractivity contribution in [2.75, 3.05) is 5.73 Å². The Hall–Kier alpha value is -1.76. The molecular weight excluding hydrogens is 170 g/mol. The van der Waals surface area contributed by atoms with Gasteiger partial charge >= 0.3 is 0 Å². The molecule has 0 aliphatic heterocycles. The van der Waals surface area contributed by atoms with E-state index in [0.717, 1.165) is 12.1 Å². The number of hydrogen-bond donors (Lipinski definition) is 1. The molecule has 0 amide bonds. The van der Waals surface area contributed by atoms with Gasteiger partial charge in [-0.2, -0.15) is 0 Å². The van der Waals surface area contributed by atoms with Crippen molar-refractivity contribution in [3.05, 3.63) is 54.6 Å². The second-order valence-corrected chi connectivity index (χ2v) is 3.35. The molecule has 0 aliphatic carbocycles. The molecule has 14 heavy (non-hydrogen) atoms. The molecule has 2 aromatic rings. The maximum atomic E-state index is 5.92. The van der Waals surface area contributed by atoms with Gasteiger partial charge in [0.05, 0.1) is 0 Å². The molecule has 0 heterocycles. The molecule has 1 nitrogen and oxygen atoms in total. The highest BCUT2D eigenvalue weighted by Gasteiger charge is 2.02. The fourth-order valence-corrected chi connectivity index (χ4v) is 1.72. The SMILES string of the molecule is C=CCc1c(N)ccc2ccccc12. The molecule has 0 aliphatic rings. The zero-order valence-electron chi connectivity index (χ0n) is 8.03. The number of allylic oxidation sites excluding steroid dienone is 1. The molecule has 0 fully saturated rings. The van der Waals surface area contributed by atoms with E-state index < -0.39 is 0 Å². The summed E-state index contributed by atoms with van der Waals surface area (Å²) in [5, 5.41) is 2.46. The van der Waals surface area contributed by atoms with Gasteiger partial charge in [-0.15, -0.1) is 6.58 Å². The van der Waals surface area contributed by atoms with Crippen LogP contribution < -0.4 is 5.73 Å². The Labute approximate surface area is 83.9 Å². The molecule has 0 aromatic heterocycles. The van der Waals surface area contributed by atoms with Crippen LogP contribution in [0.5, 0.6) is 0 Å². The molecule has 70 valence electrons. The molecule has 2 N–H and O–H groups in total. The van der Waals surface area contributed by atoms with Crippen molar-refractivity contribution in [2.24, 2.45) is 0 Å². The third-order valence-corrected chi connectivity index (χ3v) is 2.43. The second kappa shape index (κ2) is 3.54. The minimum atomic E-state index is 0.827. The largest absolute Gasteiger partial charge is 0.398 e. The van der Waals surface area contributed by atoms with Crippen LogP contribution in [0.25, 0.3) is 10.8 Å². The van der Waals surface area contributed by atoms with Gasteiger partial charge in [0.2, 0.25) is 0 Å². The van der Waals surface area contributed by atoms with Crippen LogP contribution in [0.1, 0.15) is 5.56 Å². The summed E-state index contributed by atoms with van der Waals surface area (Å²) in [5.74, 6) is 0. The van der Waals surface area contributed by atoms with Crippen LogP contribution in [-0.4, -0.2) is 0 Å². The van der Waals surface area contributed by atoms with E-state index in [1.807, 2.05) is 24.3 Å². The van der Waals surface area contributed by atoms with E-state index in [-0.39, 0.29) is 0 Å². The zero-order chi connectivity index (χ0) is 9.97. The Morgan fingerprint density at radius 2 is 1.93 bits per heavy atom. The molecule has 1 heteroatoms. The summed E-state index contributed by atoms with van der Waals surface area (Å²) in [6.07, 6.45) is 2.71. The van der Waals surface area contributed by atoms with E-state index in [1.54, 1.807) is 0 Å². The third-order valence-electron chi connectivity index (χ3n) is 2.43. The lowest BCUT2D eigenvalue weighted by Gasteiger charge is -2.07. The van der Waals surface area contributed by atoms with Crippen LogP contribution >= 0.6 is 0 Å². The minimum absolute atomic E-state index is 0.827. The lowest BCUT2D eigenvalue weighted by molar-refractivity contribution is 1.31. The molecule has 2 aromatic carbocycles. The van der Waals surface area contributed by atoms with E-state index in [0.29, 0.717) is 0 Å².